The van der Waals surface area contributed by atoms with Gasteiger partial charge in [-0.1, -0.05) is 12.1 Å². The lowest BCUT2D eigenvalue weighted by Crippen LogP contribution is -2.30. The van der Waals surface area contributed by atoms with E-state index in [9.17, 15) is 9.59 Å². The zero-order valence-corrected chi connectivity index (χ0v) is 14.2. The summed E-state index contributed by atoms with van der Waals surface area (Å²) in [6.07, 6.45) is 5.05. The minimum absolute atomic E-state index is 0.558. The van der Waals surface area contributed by atoms with Crippen molar-refractivity contribution in [1.82, 2.24) is 5.32 Å². The largest absolute Gasteiger partial charge is 0.478 e. The Morgan fingerprint density at radius 2 is 1.75 bits per heavy atom. The van der Waals surface area contributed by atoms with Crippen molar-refractivity contribution in [3.63, 3.8) is 0 Å². The molecule has 1 aliphatic rings. The quantitative estimate of drug-likeness (QED) is 0.714. The highest BCUT2D eigenvalue weighted by molar-refractivity contribution is 5.89. The maximum absolute atomic E-state index is 9.55. The zero-order valence-electron chi connectivity index (χ0n) is 14.2. The van der Waals surface area contributed by atoms with Gasteiger partial charge in [0.15, 0.2) is 0 Å². The van der Waals surface area contributed by atoms with Gasteiger partial charge in [0.2, 0.25) is 0 Å². The fourth-order valence-corrected chi connectivity index (χ4v) is 2.50. The number of nitrogens with zero attached hydrogens (tertiary/aromatic N) is 1. The predicted molar refractivity (Wildman–Crippen MR) is 94.5 cm³/mol. The van der Waals surface area contributed by atoms with Gasteiger partial charge in [-0.25, -0.2) is 9.59 Å². The van der Waals surface area contributed by atoms with Crippen molar-refractivity contribution < 1.29 is 19.8 Å². The highest BCUT2D eigenvalue weighted by Gasteiger charge is 2.13. The smallest absolute Gasteiger partial charge is 0.328 e. The van der Waals surface area contributed by atoms with Gasteiger partial charge in [-0.05, 0) is 56.0 Å². The fourth-order valence-electron chi connectivity index (χ4n) is 2.50. The third kappa shape index (κ3) is 8.33. The first-order valence-electron chi connectivity index (χ1n) is 7.99. The van der Waals surface area contributed by atoms with Gasteiger partial charge in [-0.3, -0.25) is 0 Å². The van der Waals surface area contributed by atoms with Crippen molar-refractivity contribution in [2.45, 2.75) is 19.3 Å². The molecule has 0 spiro atoms. The van der Waals surface area contributed by atoms with Gasteiger partial charge in [0.1, 0.15) is 0 Å². The van der Waals surface area contributed by atoms with E-state index in [2.05, 4.69) is 48.6 Å². The van der Waals surface area contributed by atoms with Gasteiger partial charge >= 0.3 is 11.9 Å². The average Bonchev–Trinajstić information content (AvgIpc) is 2.55. The third-order valence-electron chi connectivity index (χ3n) is 3.74. The Labute approximate surface area is 142 Å². The Morgan fingerprint density at radius 3 is 2.17 bits per heavy atom. The van der Waals surface area contributed by atoms with E-state index in [0.717, 1.165) is 5.92 Å². The summed E-state index contributed by atoms with van der Waals surface area (Å²) in [4.78, 5) is 21.3. The molecule has 1 heterocycles. The average molecular weight is 334 g/mol. The molecule has 2 rings (SSSR count). The molecule has 6 nitrogen and oxygen atoms in total. The van der Waals surface area contributed by atoms with Crippen molar-refractivity contribution in [2.24, 2.45) is 5.92 Å². The lowest BCUT2D eigenvalue weighted by molar-refractivity contribution is -0.134. The van der Waals surface area contributed by atoms with E-state index in [-0.39, 0.29) is 0 Å². The molecule has 1 aliphatic heterocycles. The van der Waals surface area contributed by atoms with Crippen LogP contribution in [0.2, 0.25) is 0 Å². The van der Waals surface area contributed by atoms with E-state index in [1.807, 2.05) is 0 Å². The number of anilines is 1. The number of nitrogens with one attached hydrogen (secondary N) is 1. The topological polar surface area (TPSA) is 89.9 Å². The van der Waals surface area contributed by atoms with Gasteiger partial charge in [0.25, 0.3) is 0 Å². The van der Waals surface area contributed by atoms with Gasteiger partial charge < -0.3 is 20.4 Å². The summed E-state index contributed by atoms with van der Waals surface area (Å²) in [6.45, 7) is 2.39. The SMILES string of the molecule is CN(C)c1ccc(CC2CCCNC2)cc1.O=C(O)/C=C/C(=O)O. The molecule has 0 radical (unpaired) electrons. The summed E-state index contributed by atoms with van der Waals surface area (Å²) >= 11 is 0. The second-order valence-electron chi connectivity index (χ2n) is 5.99. The number of hydrogen-bond acceptors (Lipinski definition) is 4. The number of carboxylic acid groups (broad SMARTS) is 2. The van der Waals surface area contributed by atoms with E-state index in [0.29, 0.717) is 12.2 Å². The third-order valence-corrected chi connectivity index (χ3v) is 3.74. The minimum Gasteiger partial charge on any atom is -0.478 e. The summed E-state index contributed by atoms with van der Waals surface area (Å²) < 4.78 is 0. The van der Waals surface area contributed by atoms with Crippen molar-refractivity contribution in [1.29, 1.82) is 0 Å². The molecular formula is C18H26N2O4. The van der Waals surface area contributed by atoms with Crippen LogP contribution in [0.15, 0.2) is 36.4 Å². The molecule has 1 aromatic carbocycles. The number of benzene rings is 1. The lowest BCUT2D eigenvalue weighted by atomic mass is 9.92. The molecule has 6 heteroatoms. The predicted octanol–water partition coefficient (Wildman–Crippen LogP) is 2.01. The first-order chi connectivity index (χ1) is 11.4. The molecule has 132 valence electrons. The second-order valence-corrected chi connectivity index (χ2v) is 5.99. The lowest BCUT2D eigenvalue weighted by Gasteiger charge is -2.23. The van der Waals surface area contributed by atoms with Gasteiger partial charge in [0.05, 0.1) is 0 Å². The number of piperidine rings is 1. The number of aliphatic carboxylic acids is 2. The molecule has 0 aliphatic carbocycles. The van der Waals surface area contributed by atoms with Crippen LogP contribution >= 0.6 is 0 Å². The first-order valence-corrected chi connectivity index (χ1v) is 7.99. The van der Waals surface area contributed by atoms with Crippen LogP contribution in [-0.4, -0.2) is 49.3 Å². The van der Waals surface area contributed by atoms with Crippen molar-refractivity contribution in [2.75, 3.05) is 32.1 Å². The first kappa shape index (κ1) is 19.7. The molecule has 1 atom stereocenters. The fraction of sp³-hybridized carbons (Fsp3) is 0.444. The van der Waals surface area contributed by atoms with E-state index >= 15 is 0 Å². The highest BCUT2D eigenvalue weighted by Crippen LogP contribution is 2.18. The Hall–Kier alpha value is -2.34. The summed E-state index contributed by atoms with van der Waals surface area (Å²) in [5.41, 5.74) is 2.75. The molecule has 24 heavy (non-hydrogen) atoms. The van der Waals surface area contributed by atoms with E-state index in [1.165, 1.54) is 43.6 Å². The molecule has 1 aromatic rings. The number of carbonyl (C=O) groups is 2. The molecular weight excluding hydrogens is 308 g/mol. The van der Waals surface area contributed by atoms with Crippen LogP contribution in [0, 0.1) is 5.92 Å². The molecule has 1 saturated heterocycles. The molecule has 1 fully saturated rings. The number of hydrogen-bond donors (Lipinski definition) is 3. The van der Waals surface area contributed by atoms with E-state index < -0.39 is 11.9 Å². The zero-order chi connectivity index (χ0) is 17.9. The maximum Gasteiger partial charge on any atom is 0.328 e. The Bertz CT molecular complexity index is 531. The van der Waals surface area contributed by atoms with Crippen molar-refractivity contribution in [3.8, 4) is 0 Å². The Kier molecular flexibility index (Phi) is 8.57. The molecule has 0 aromatic heterocycles. The summed E-state index contributed by atoms with van der Waals surface area (Å²) in [7, 11) is 4.17. The maximum atomic E-state index is 9.55. The summed E-state index contributed by atoms with van der Waals surface area (Å²) in [6, 6.07) is 8.96. The monoisotopic (exact) mass is 334 g/mol. The van der Waals surface area contributed by atoms with Crippen LogP contribution in [0.4, 0.5) is 5.69 Å². The molecule has 3 N–H and O–H groups in total. The van der Waals surface area contributed by atoms with Crippen LogP contribution in [0.1, 0.15) is 18.4 Å². The van der Waals surface area contributed by atoms with E-state index in [4.69, 9.17) is 10.2 Å². The normalized spacial score (nSPS) is 17.0. The molecule has 1 unspecified atom stereocenters. The van der Waals surface area contributed by atoms with Crippen LogP contribution in [0.5, 0.6) is 0 Å². The summed E-state index contributed by atoms with van der Waals surface area (Å²) in [5, 5.41) is 19.1. The summed E-state index contributed by atoms with van der Waals surface area (Å²) in [5.74, 6) is -1.68. The molecule has 0 amide bonds. The number of carboxylic acids is 2. The van der Waals surface area contributed by atoms with Crippen molar-refractivity contribution in [3.05, 3.63) is 42.0 Å². The minimum atomic E-state index is -1.26. The van der Waals surface area contributed by atoms with Gasteiger partial charge in [-0.15, -0.1) is 0 Å². The standard InChI is InChI=1S/C14H22N2.C4H4O4/c1-16(2)14-7-5-12(6-8-14)10-13-4-3-9-15-11-13;5-3(6)1-2-4(7)8/h5-8,13,15H,3-4,9-11H2,1-2H3;1-2H,(H,5,6)(H,7,8)/b;2-1+. The van der Waals surface area contributed by atoms with Gasteiger partial charge in [0, 0.05) is 31.9 Å². The van der Waals surface area contributed by atoms with Gasteiger partial charge in [-0.2, -0.15) is 0 Å². The van der Waals surface area contributed by atoms with Crippen LogP contribution in [-0.2, 0) is 16.0 Å². The Balaban J connectivity index is 0.000000307. The second kappa shape index (κ2) is 10.4. The number of rotatable bonds is 5. The highest BCUT2D eigenvalue weighted by atomic mass is 16.4. The van der Waals surface area contributed by atoms with Crippen LogP contribution in [0.3, 0.4) is 0 Å². The molecule has 0 saturated carbocycles. The van der Waals surface area contributed by atoms with E-state index in [1.54, 1.807) is 0 Å². The Morgan fingerprint density at radius 1 is 1.17 bits per heavy atom. The molecule has 0 bridgehead atoms. The van der Waals surface area contributed by atoms with Crippen molar-refractivity contribution >= 4 is 17.6 Å². The van der Waals surface area contributed by atoms with Crippen LogP contribution < -0.4 is 10.2 Å². The van der Waals surface area contributed by atoms with Crippen LogP contribution in [0.25, 0.3) is 0 Å².